The smallest absolute Gasteiger partial charge is 0.317 e. The molecule has 7 N–H and O–H groups in total. The first-order chi connectivity index (χ1) is 19.7. The molecule has 0 saturated carbocycles. The van der Waals surface area contributed by atoms with Crippen molar-refractivity contribution in [3.05, 3.63) is 0 Å². The van der Waals surface area contributed by atoms with Gasteiger partial charge >= 0.3 is 29.8 Å². The first-order valence-corrected chi connectivity index (χ1v) is 13.6. The Balaban J connectivity index is 5.25. The summed E-state index contributed by atoms with van der Waals surface area (Å²) in [4.78, 5) is 74.5. The number of carboxylic acid groups (broad SMARTS) is 5. The van der Waals surface area contributed by atoms with Gasteiger partial charge in [-0.1, -0.05) is 13.8 Å². The second-order valence-corrected chi connectivity index (χ2v) is 10.0. The monoisotopic (exact) mass is 606 g/mol. The van der Waals surface area contributed by atoms with E-state index in [0.717, 1.165) is 0 Å². The molecule has 0 heterocycles. The van der Waals surface area contributed by atoms with Crippen LogP contribution in [-0.4, -0.2) is 185 Å². The van der Waals surface area contributed by atoms with E-state index < -0.39 is 29.8 Å². The zero-order valence-electron chi connectivity index (χ0n) is 24.4. The van der Waals surface area contributed by atoms with Gasteiger partial charge in [0.05, 0.1) is 39.3 Å². The fraction of sp³-hybridized carbons (Fsp3) is 0.760. The summed E-state index contributed by atoms with van der Waals surface area (Å²) in [5, 5.41) is 50.9. The third kappa shape index (κ3) is 22.5. The van der Waals surface area contributed by atoms with E-state index in [1.165, 1.54) is 0 Å². The highest BCUT2D eigenvalue weighted by Crippen LogP contribution is 2.01. The molecular formula is C25H46N6O11. The summed E-state index contributed by atoms with van der Waals surface area (Å²) in [6.07, 6.45) is 0. The minimum absolute atomic E-state index is 0.0188. The van der Waals surface area contributed by atoms with Crippen LogP contribution < -0.4 is 10.6 Å². The lowest BCUT2D eigenvalue weighted by atomic mass is 10.1. The van der Waals surface area contributed by atoms with Crippen molar-refractivity contribution in [2.24, 2.45) is 5.92 Å². The highest BCUT2D eigenvalue weighted by molar-refractivity contribution is 5.82. The van der Waals surface area contributed by atoms with E-state index in [1.807, 2.05) is 4.90 Å². The van der Waals surface area contributed by atoms with Gasteiger partial charge in [-0.15, -0.1) is 0 Å². The topological polar surface area (TPSA) is 241 Å². The average Bonchev–Trinajstić information content (AvgIpc) is 2.86. The van der Waals surface area contributed by atoms with Crippen LogP contribution in [0, 0.1) is 5.92 Å². The van der Waals surface area contributed by atoms with Gasteiger partial charge in [-0.2, -0.15) is 0 Å². The maximum atomic E-state index is 12.3. The van der Waals surface area contributed by atoms with Gasteiger partial charge < -0.3 is 36.2 Å². The van der Waals surface area contributed by atoms with E-state index in [2.05, 4.69) is 10.6 Å². The second kappa shape index (κ2) is 22.4. The second-order valence-electron chi connectivity index (χ2n) is 10.0. The summed E-state index contributed by atoms with van der Waals surface area (Å²) < 4.78 is 0. The molecule has 0 fully saturated rings. The lowest BCUT2D eigenvalue weighted by molar-refractivity contribution is -0.140. The van der Waals surface area contributed by atoms with Gasteiger partial charge in [-0.05, 0) is 0 Å². The largest absolute Gasteiger partial charge is 0.480 e. The molecule has 0 atom stereocenters. The number of nitrogens with zero attached hydrogens (tertiary/aromatic N) is 4. The van der Waals surface area contributed by atoms with E-state index in [-0.39, 0.29) is 96.8 Å². The molecule has 0 bridgehead atoms. The van der Waals surface area contributed by atoms with Gasteiger partial charge in [0.25, 0.3) is 0 Å². The number of carbonyl (C=O) groups is 6. The van der Waals surface area contributed by atoms with Crippen LogP contribution in [0.2, 0.25) is 0 Å². The highest BCUT2D eigenvalue weighted by atomic mass is 16.4. The number of hydrogen-bond donors (Lipinski definition) is 7. The molecule has 0 saturated heterocycles. The first-order valence-electron chi connectivity index (χ1n) is 13.6. The van der Waals surface area contributed by atoms with Crippen LogP contribution >= 0.6 is 0 Å². The fourth-order valence-electron chi connectivity index (χ4n) is 3.77. The third-order valence-electron chi connectivity index (χ3n) is 6.06. The average molecular weight is 607 g/mol. The molecule has 42 heavy (non-hydrogen) atoms. The lowest BCUT2D eigenvalue weighted by Crippen LogP contribution is -2.47. The van der Waals surface area contributed by atoms with Crippen molar-refractivity contribution in [1.82, 2.24) is 30.2 Å². The highest BCUT2D eigenvalue weighted by Gasteiger charge is 2.19. The lowest BCUT2D eigenvalue weighted by Gasteiger charge is -2.30. The van der Waals surface area contributed by atoms with Crippen molar-refractivity contribution in [2.75, 3.05) is 105 Å². The molecule has 0 aromatic heterocycles. The molecule has 242 valence electrons. The predicted molar refractivity (Wildman–Crippen MR) is 150 cm³/mol. The van der Waals surface area contributed by atoms with Crippen LogP contribution in [0.15, 0.2) is 0 Å². The molecule has 0 aromatic rings. The van der Waals surface area contributed by atoms with Crippen LogP contribution in [0.5, 0.6) is 0 Å². The van der Waals surface area contributed by atoms with E-state index in [9.17, 15) is 44.1 Å². The van der Waals surface area contributed by atoms with Gasteiger partial charge in [0.15, 0.2) is 0 Å². The van der Waals surface area contributed by atoms with Gasteiger partial charge in [-0.3, -0.25) is 48.4 Å². The SMILES string of the molecule is CC(C)C(=O)CN(CCNCC(=O)O)CCN(CCN(CCN(CCNCC(=O)O)CC(=O)O)CC(=O)O)CC(=O)O. The Hall–Kier alpha value is -3.22. The standard InChI is InChI=1S/C25H46N6O11/c1-19(2)20(32)15-28(5-3-26-13-21(33)34)7-9-30(17-24(39)40)11-12-31(18-25(41)42)10-8-29(16-23(37)38)6-4-27-14-22(35)36/h19,26-27H,3-18H2,1-2H3,(H,33,34)(H,35,36)(H,37,38)(H,39,40)(H,41,42). The van der Waals surface area contributed by atoms with E-state index in [1.54, 1.807) is 28.5 Å². The third-order valence-corrected chi connectivity index (χ3v) is 6.06. The summed E-state index contributed by atoms with van der Waals surface area (Å²) >= 11 is 0. The molecule has 0 spiro atoms. The molecule has 0 aliphatic carbocycles. The van der Waals surface area contributed by atoms with Crippen LogP contribution in [-0.2, 0) is 28.8 Å². The quantitative estimate of drug-likeness (QED) is 0.0440. The molecule has 17 heteroatoms. The van der Waals surface area contributed by atoms with Crippen molar-refractivity contribution < 1.29 is 54.3 Å². The summed E-state index contributed by atoms with van der Waals surface area (Å²) in [5.74, 6) is -5.59. The van der Waals surface area contributed by atoms with Crippen molar-refractivity contribution in [2.45, 2.75) is 13.8 Å². The van der Waals surface area contributed by atoms with Crippen LogP contribution in [0.3, 0.4) is 0 Å². The maximum Gasteiger partial charge on any atom is 0.317 e. The predicted octanol–water partition coefficient (Wildman–Crippen LogP) is -2.98. The molecule has 0 amide bonds. The van der Waals surface area contributed by atoms with E-state index in [4.69, 9.17) is 10.2 Å². The fourth-order valence-corrected chi connectivity index (χ4v) is 3.77. The van der Waals surface area contributed by atoms with Crippen LogP contribution in [0.1, 0.15) is 13.8 Å². The molecule has 17 nitrogen and oxygen atoms in total. The summed E-state index contributed by atoms with van der Waals surface area (Å²) in [6, 6.07) is 0. The molecule has 0 radical (unpaired) electrons. The van der Waals surface area contributed by atoms with Crippen molar-refractivity contribution in [1.29, 1.82) is 0 Å². The zero-order chi connectivity index (χ0) is 32.1. The van der Waals surface area contributed by atoms with E-state index >= 15 is 0 Å². The van der Waals surface area contributed by atoms with Crippen molar-refractivity contribution >= 4 is 35.6 Å². The van der Waals surface area contributed by atoms with Gasteiger partial charge in [0.2, 0.25) is 0 Å². The Bertz CT molecular complexity index is 874. The summed E-state index contributed by atoms with van der Waals surface area (Å²) in [5.41, 5.74) is 0. The zero-order valence-corrected chi connectivity index (χ0v) is 24.4. The summed E-state index contributed by atoms with van der Waals surface area (Å²) in [7, 11) is 0. The number of ketones is 1. The van der Waals surface area contributed by atoms with Crippen molar-refractivity contribution in [3.63, 3.8) is 0 Å². The molecule has 0 aliphatic rings. The molecule has 0 unspecified atom stereocenters. The Morgan fingerprint density at radius 1 is 0.476 bits per heavy atom. The summed E-state index contributed by atoms with van der Waals surface area (Å²) in [6.45, 7) is 4.48. The number of Topliss-reactive ketones (excluding diaryl/α,β-unsaturated/α-hetero) is 1. The van der Waals surface area contributed by atoms with E-state index in [0.29, 0.717) is 19.6 Å². The molecule has 0 aromatic carbocycles. The Labute approximate surface area is 245 Å². The maximum absolute atomic E-state index is 12.3. The molecule has 0 aliphatic heterocycles. The molecule has 0 rings (SSSR count). The van der Waals surface area contributed by atoms with Crippen LogP contribution in [0.4, 0.5) is 0 Å². The first kappa shape index (κ1) is 38.8. The number of nitrogens with one attached hydrogen (secondary N) is 2. The Kier molecular flexibility index (Phi) is 20.7. The number of carboxylic acids is 5. The van der Waals surface area contributed by atoms with Gasteiger partial charge in [0, 0.05) is 71.4 Å². The number of aliphatic carboxylic acids is 5. The van der Waals surface area contributed by atoms with Crippen LogP contribution in [0.25, 0.3) is 0 Å². The number of rotatable bonds is 28. The minimum atomic E-state index is -1.11. The normalized spacial score (nSPS) is 11.6. The Morgan fingerprint density at radius 3 is 1.02 bits per heavy atom. The Morgan fingerprint density at radius 2 is 0.762 bits per heavy atom. The minimum Gasteiger partial charge on any atom is -0.480 e. The number of hydrogen-bond acceptors (Lipinski definition) is 12. The van der Waals surface area contributed by atoms with Gasteiger partial charge in [-0.25, -0.2) is 0 Å². The number of carbonyl (C=O) groups excluding carboxylic acids is 1. The van der Waals surface area contributed by atoms with Gasteiger partial charge in [0.1, 0.15) is 5.78 Å². The van der Waals surface area contributed by atoms with Crippen molar-refractivity contribution in [3.8, 4) is 0 Å². The molecular weight excluding hydrogens is 560 g/mol.